The summed E-state index contributed by atoms with van der Waals surface area (Å²) in [6.45, 7) is 3.69. The fourth-order valence-corrected chi connectivity index (χ4v) is 2.46. The van der Waals surface area contributed by atoms with Gasteiger partial charge in [0.05, 0.1) is 0 Å². The Morgan fingerprint density at radius 2 is 2.15 bits per heavy atom. The summed E-state index contributed by atoms with van der Waals surface area (Å²) in [5, 5.41) is 12.0. The Balaban J connectivity index is 2.15. The molecule has 0 saturated heterocycles. The average Bonchev–Trinajstić information content (AvgIpc) is 2.82. The summed E-state index contributed by atoms with van der Waals surface area (Å²) in [6, 6.07) is 7.34. The first-order valence-corrected chi connectivity index (χ1v) is 6.75. The van der Waals surface area contributed by atoms with Crippen molar-refractivity contribution >= 4 is 11.9 Å². The zero-order valence-electron chi connectivity index (χ0n) is 11.7. The number of hydrogen-bond acceptors (Lipinski definition) is 3. The number of amides is 1. The Hall–Kier alpha value is -2.04. The van der Waals surface area contributed by atoms with Crippen LogP contribution in [-0.4, -0.2) is 29.1 Å². The Labute approximate surface area is 117 Å². The molecule has 0 saturated carbocycles. The molecule has 2 unspecified atom stereocenters. The van der Waals surface area contributed by atoms with E-state index in [9.17, 15) is 14.7 Å². The molecule has 0 aromatic heterocycles. The SMILES string of the molecule is CCCC(C)(NC(=O)C1COc2ccccc21)C(=O)O. The average molecular weight is 277 g/mol. The van der Waals surface area contributed by atoms with Crippen LogP contribution in [0.5, 0.6) is 5.75 Å². The minimum Gasteiger partial charge on any atom is -0.492 e. The van der Waals surface area contributed by atoms with E-state index >= 15 is 0 Å². The van der Waals surface area contributed by atoms with Crippen molar-refractivity contribution in [3.63, 3.8) is 0 Å². The maximum Gasteiger partial charge on any atom is 0.329 e. The number of rotatable bonds is 5. The molecular formula is C15H19NO4. The fraction of sp³-hybridized carbons (Fsp3) is 0.467. The molecule has 2 rings (SSSR count). The van der Waals surface area contributed by atoms with Crippen LogP contribution in [0.2, 0.25) is 0 Å². The van der Waals surface area contributed by atoms with Gasteiger partial charge in [0, 0.05) is 5.56 Å². The van der Waals surface area contributed by atoms with Crippen molar-refractivity contribution in [3.05, 3.63) is 29.8 Å². The monoisotopic (exact) mass is 277 g/mol. The number of carbonyl (C=O) groups excluding carboxylic acids is 1. The van der Waals surface area contributed by atoms with Crippen LogP contribution in [0.15, 0.2) is 24.3 Å². The Kier molecular flexibility index (Phi) is 3.97. The summed E-state index contributed by atoms with van der Waals surface area (Å²) in [5.74, 6) is -1.06. The third-order valence-electron chi connectivity index (χ3n) is 3.64. The molecule has 0 aliphatic carbocycles. The van der Waals surface area contributed by atoms with E-state index in [1.807, 2.05) is 31.2 Å². The second kappa shape index (κ2) is 5.53. The Bertz CT molecular complexity index is 528. The molecule has 0 bridgehead atoms. The second-order valence-corrected chi connectivity index (χ2v) is 5.28. The first-order valence-electron chi connectivity index (χ1n) is 6.75. The highest BCUT2D eigenvalue weighted by Crippen LogP contribution is 2.34. The van der Waals surface area contributed by atoms with E-state index in [-0.39, 0.29) is 12.5 Å². The third-order valence-corrected chi connectivity index (χ3v) is 3.64. The Morgan fingerprint density at radius 3 is 2.80 bits per heavy atom. The van der Waals surface area contributed by atoms with Crippen LogP contribution in [-0.2, 0) is 9.59 Å². The molecular weight excluding hydrogens is 258 g/mol. The lowest BCUT2D eigenvalue weighted by molar-refractivity contribution is -0.147. The van der Waals surface area contributed by atoms with Crippen LogP contribution in [0.3, 0.4) is 0 Å². The van der Waals surface area contributed by atoms with Crippen LogP contribution in [0.4, 0.5) is 0 Å². The largest absolute Gasteiger partial charge is 0.492 e. The molecule has 0 fully saturated rings. The van der Waals surface area contributed by atoms with Gasteiger partial charge in [-0.2, -0.15) is 0 Å². The molecule has 5 nitrogen and oxygen atoms in total. The number of benzene rings is 1. The fourth-order valence-electron chi connectivity index (χ4n) is 2.46. The van der Waals surface area contributed by atoms with Crippen molar-refractivity contribution in [1.29, 1.82) is 0 Å². The van der Waals surface area contributed by atoms with E-state index in [1.54, 1.807) is 6.92 Å². The van der Waals surface area contributed by atoms with Crippen LogP contribution in [0.25, 0.3) is 0 Å². The number of carboxylic acid groups (broad SMARTS) is 1. The maximum atomic E-state index is 12.3. The van der Waals surface area contributed by atoms with Crippen molar-refractivity contribution in [2.75, 3.05) is 6.61 Å². The van der Waals surface area contributed by atoms with Gasteiger partial charge in [0.25, 0.3) is 0 Å². The standard InChI is InChI=1S/C15H19NO4/c1-3-8-15(2,14(18)19)16-13(17)11-9-20-12-7-5-4-6-10(11)12/h4-7,11H,3,8-9H2,1-2H3,(H,16,17)(H,18,19). The predicted molar refractivity (Wildman–Crippen MR) is 73.8 cm³/mol. The van der Waals surface area contributed by atoms with E-state index in [4.69, 9.17) is 4.74 Å². The normalized spacial score (nSPS) is 19.6. The number of ether oxygens (including phenoxy) is 1. The highest BCUT2D eigenvalue weighted by molar-refractivity contribution is 5.91. The molecule has 1 amide bonds. The van der Waals surface area contributed by atoms with Gasteiger partial charge in [0.2, 0.25) is 5.91 Å². The van der Waals surface area contributed by atoms with Gasteiger partial charge in [0.1, 0.15) is 23.8 Å². The molecule has 1 aliphatic heterocycles. The summed E-state index contributed by atoms with van der Waals surface area (Å²) < 4.78 is 5.46. The minimum atomic E-state index is -1.23. The number of carboxylic acids is 1. The molecule has 108 valence electrons. The molecule has 20 heavy (non-hydrogen) atoms. The lowest BCUT2D eigenvalue weighted by Crippen LogP contribution is -2.53. The smallest absolute Gasteiger partial charge is 0.329 e. The van der Waals surface area contributed by atoms with Gasteiger partial charge in [-0.25, -0.2) is 4.79 Å². The van der Waals surface area contributed by atoms with E-state index in [2.05, 4.69) is 5.32 Å². The zero-order valence-corrected chi connectivity index (χ0v) is 11.7. The van der Waals surface area contributed by atoms with Crippen LogP contribution in [0.1, 0.15) is 38.2 Å². The number of aliphatic carboxylic acids is 1. The third kappa shape index (κ3) is 2.61. The summed E-state index contributed by atoms with van der Waals surface area (Å²) >= 11 is 0. The summed E-state index contributed by atoms with van der Waals surface area (Å²) in [5.41, 5.74) is -0.419. The van der Waals surface area contributed by atoms with E-state index in [0.717, 1.165) is 5.56 Å². The topological polar surface area (TPSA) is 75.6 Å². The number of carbonyl (C=O) groups is 2. The first-order chi connectivity index (χ1) is 9.48. The minimum absolute atomic E-state index is 0.257. The van der Waals surface area contributed by atoms with Crippen LogP contribution < -0.4 is 10.1 Å². The Morgan fingerprint density at radius 1 is 1.45 bits per heavy atom. The van der Waals surface area contributed by atoms with Crippen molar-refractivity contribution in [1.82, 2.24) is 5.32 Å². The highest BCUT2D eigenvalue weighted by atomic mass is 16.5. The molecule has 2 atom stereocenters. The molecule has 2 N–H and O–H groups in total. The molecule has 1 aromatic rings. The molecule has 0 spiro atoms. The van der Waals surface area contributed by atoms with E-state index in [1.165, 1.54) is 0 Å². The lowest BCUT2D eigenvalue weighted by Gasteiger charge is -2.27. The summed E-state index contributed by atoms with van der Waals surface area (Å²) in [4.78, 5) is 23.7. The van der Waals surface area contributed by atoms with Gasteiger partial charge in [-0.1, -0.05) is 31.5 Å². The molecule has 1 aliphatic rings. The maximum absolute atomic E-state index is 12.3. The number of nitrogens with one attached hydrogen (secondary N) is 1. The van der Waals surface area contributed by atoms with Crippen molar-refractivity contribution in [2.24, 2.45) is 0 Å². The summed E-state index contributed by atoms with van der Waals surface area (Å²) in [6.07, 6.45) is 1.07. The molecule has 0 radical (unpaired) electrons. The quantitative estimate of drug-likeness (QED) is 0.862. The summed E-state index contributed by atoms with van der Waals surface area (Å²) in [7, 11) is 0. The number of hydrogen-bond donors (Lipinski definition) is 2. The number of para-hydroxylation sites is 1. The van der Waals surface area contributed by atoms with Crippen LogP contribution in [0, 0.1) is 0 Å². The second-order valence-electron chi connectivity index (χ2n) is 5.28. The van der Waals surface area contributed by atoms with Crippen molar-refractivity contribution in [3.8, 4) is 5.75 Å². The van der Waals surface area contributed by atoms with Crippen molar-refractivity contribution < 1.29 is 19.4 Å². The molecule has 1 heterocycles. The highest BCUT2D eigenvalue weighted by Gasteiger charge is 2.38. The van der Waals surface area contributed by atoms with Gasteiger partial charge in [-0.15, -0.1) is 0 Å². The molecule has 1 aromatic carbocycles. The molecule has 5 heteroatoms. The number of fused-ring (bicyclic) bond motifs is 1. The lowest BCUT2D eigenvalue weighted by atomic mass is 9.93. The van der Waals surface area contributed by atoms with Crippen molar-refractivity contribution in [2.45, 2.75) is 38.1 Å². The van der Waals surface area contributed by atoms with E-state index < -0.39 is 17.4 Å². The van der Waals surface area contributed by atoms with Gasteiger partial charge in [0.15, 0.2) is 0 Å². The predicted octanol–water partition coefficient (Wildman–Crippen LogP) is 1.92. The van der Waals surface area contributed by atoms with E-state index in [0.29, 0.717) is 18.6 Å². The van der Waals surface area contributed by atoms with Gasteiger partial charge >= 0.3 is 5.97 Å². The van der Waals surface area contributed by atoms with Gasteiger partial charge in [-0.3, -0.25) is 4.79 Å². The van der Waals surface area contributed by atoms with Crippen LogP contribution >= 0.6 is 0 Å². The van der Waals surface area contributed by atoms with Gasteiger partial charge < -0.3 is 15.2 Å². The first kappa shape index (κ1) is 14.4. The van der Waals surface area contributed by atoms with Gasteiger partial charge in [-0.05, 0) is 19.4 Å². The zero-order chi connectivity index (χ0) is 14.8.